The summed E-state index contributed by atoms with van der Waals surface area (Å²) in [6.07, 6.45) is 3.82. The molecule has 0 atom stereocenters. The monoisotopic (exact) mass is 244 g/mol. The lowest BCUT2D eigenvalue weighted by atomic mass is 10.2. The molecule has 15 heavy (non-hydrogen) atoms. The van der Waals surface area contributed by atoms with Crippen LogP contribution in [-0.2, 0) is 9.84 Å². The van der Waals surface area contributed by atoms with Gasteiger partial charge in [0.05, 0.1) is 10.6 Å². The van der Waals surface area contributed by atoms with E-state index < -0.39 is 9.84 Å². The van der Waals surface area contributed by atoms with Crippen LogP contribution in [0.15, 0.2) is 35.2 Å². The van der Waals surface area contributed by atoms with Crippen LogP contribution in [-0.4, -0.2) is 20.1 Å². The van der Waals surface area contributed by atoms with E-state index in [1.54, 1.807) is 24.3 Å². The van der Waals surface area contributed by atoms with Gasteiger partial charge in [0.15, 0.2) is 9.84 Å². The number of benzene rings is 1. The average Bonchev–Trinajstić information content (AvgIpc) is 2.19. The van der Waals surface area contributed by atoms with Crippen LogP contribution in [0.2, 0.25) is 0 Å². The van der Waals surface area contributed by atoms with E-state index in [0.29, 0.717) is 4.90 Å². The third-order valence-corrected chi connectivity index (χ3v) is 4.09. The molecule has 0 amide bonds. The lowest BCUT2D eigenvalue weighted by Crippen LogP contribution is -2.07. The number of hydrogen-bond acceptors (Lipinski definition) is 2. The first-order valence-electron chi connectivity index (χ1n) is 4.61. The molecular weight excluding hydrogens is 232 g/mol. The van der Waals surface area contributed by atoms with Crippen molar-refractivity contribution in [1.82, 2.24) is 0 Å². The summed E-state index contributed by atoms with van der Waals surface area (Å²) >= 11 is 5.43. The summed E-state index contributed by atoms with van der Waals surface area (Å²) in [7, 11) is -3.20. The summed E-state index contributed by atoms with van der Waals surface area (Å²) in [5.41, 5.74) is 0.988. The Morgan fingerprint density at radius 1 is 1.27 bits per heavy atom. The Bertz CT molecular complexity index is 432. The lowest BCUT2D eigenvalue weighted by Gasteiger charge is -2.02. The van der Waals surface area contributed by atoms with E-state index in [1.807, 2.05) is 19.1 Å². The Morgan fingerprint density at radius 2 is 1.87 bits per heavy atom. The van der Waals surface area contributed by atoms with Crippen LogP contribution in [0.25, 0.3) is 6.08 Å². The van der Waals surface area contributed by atoms with Gasteiger partial charge in [-0.2, -0.15) is 0 Å². The van der Waals surface area contributed by atoms with Crippen LogP contribution in [0.5, 0.6) is 0 Å². The average molecular weight is 245 g/mol. The van der Waals surface area contributed by atoms with Crippen molar-refractivity contribution >= 4 is 27.5 Å². The molecule has 0 saturated heterocycles. The molecule has 0 spiro atoms. The number of rotatable bonds is 4. The van der Waals surface area contributed by atoms with Crippen molar-refractivity contribution in [2.45, 2.75) is 11.8 Å². The molecule has 4 heteroatoms. The van der Waals surface area contributed by atoms with Gasteiger partial charge in [0.25, 0.3) is 0 Å². The summed E-state index contributed by atoms with van der Waals surface area (Å²) in [5.74, 6) is 0.108. The predicted molar refractivity (Wildman–Crippen MR) is 63.9 cm³/mol. The second-order valence-electron chi connectivity index (χ2n) is 3.08. The van der Waals surface area contributed by atoms with Crippen LogP contribution < -0.4 is 0 Å². The summed E-state index contributed by atoms with van der Waals surface area (Å²) in [4.78, 5) is 0.330. The first kappa shape index (κ1) is 12.3. The maximum absolute atomic E-state index is 11.6. The van der Waals surface area contributed by atoms with E-state index in [9.17, 15) is 8.42 Å². The molecule has 1 aromatic carbocycles. The number of alkyl halides is 1. The molecule has 82 valence electrons. The lowest BCUT2D eigenvalue weighted by molar-refractivity contribution is 0.597. The Kier molecular flexibility index (Phi) is 4.36. The molecule has 0 fully saturated rings. The zero-order valence-corrected chi connectivity index (χ0v) is 10.1. The van der Waals surface area contributed by atoms with Gasteiger partial charge in [-0.15, -0.1) is 11.6 Å². The van der Waals surface area contributed by atoms with E-state index in [1.165, 1.54) is 0 Å². The van der Waals surface area contributed by atoms with Crippen molar-refractivity contribution in [2.75, 3.05) is 11.6 Å². The van der Waals surface area contributed by atoms with Crippen molar-refractivity contribution in [3.8, 4) is 0 Å². The van der Waals surface area contributed by atoms with Gasteiger partial charge in [0, 0.05) is 5.88 Å². The van der Waals surface area contributed by atoms with E-state index in [0.717, 1.165) is 5.56 Å². The van der Waals surface area contributed by atoms with E-state index >= 15 is 0 Å². The normalized spacial score (nSPS) is 12.1. The van der Waals surface area contributed by atoms with Crippen molar-refractivity contribution in [1.29, 1.82) is 0 Å². The minimum absolute atomic E-state index is 0.0163. The van der Waals surface area contributed by atoms with Crippen LogP contribution in [0.4, 0.5) is 0 Å². The molecule has 1 rings (SSSR count). The Balaban J connectivity index is 2.98. The fourth-order valence-corrected chi connectivity index (χ4v) is 2.80. The van der Waals surface area contributed by atoms with Gasteiger partial charge >= 0.3 is 0 Å². The van der Waals surface area contributed by atoms with E-state index in [4.69, 9.17) is 11.6 Å². The number of hydrogen-bond donors (Lipinski definition) is 0. The van der Waals surface area contributed by atoms with Crippen LogP contribution in [0.1, 0.15) is 12.5 Å². The maximum Gasteiger partial charge on any atom is 0.179 e. The number of sulfone groups is 1. The van der Waals surface area contributed by atoms with Gasteiger partial charge in [-0.05, 0) is 24.6 Å². The van der Waals surface area contributed by atoms with Crippen molar-refractivity contribution in [3.05, 3.63) is 35.9 Å². The Hall–Kier alpha value is -0.800. The quantitative estimate of drug-likeness (QED) is 0.764. The molecule has 0 radical (unpaired) electrons. The third-order valence-electron chi connectivity index (χ3n) is 1.94. The second kappa shape index (κ2) is 5.33. The van der Waals surface area contributed by atoms with Gasteiger partial charge in [0.2, 0.25) is 0 Å². The van der Waals surface area contributed by atoms with Crippen molar-refractivity contribution in [2.24, 2.45) is 0 Å². The van der Waals surface area contributed by atoms with Gasteiger partial charge in [0.1, 0.15) is 0 Å². The molecular formula is C11H13ClO2S. The summed E-state index contributed by atoms with van der Waals surface area (Å²) in [6.45, 7) is 1.91. The highest BCUT2D eigenvalue weighted by Gasteiger charge is 2.12. The molecule has 0 N–H and O–H groups in total. The summed E-state index contributed by atoms with van der Waals surface area (Å²) in [6, 6.07) is 6.77. The number of allylic oxidation sites excluding steroid dienone is 1. The van der Waals surface area contributed by atoms with E-state index in [-0.39, 0.29) is 11.6 Å². The minimum atomic E-state index is -3.20. The molecule has 2 nitrogen and oxygen atoms in total. The van der Waals surface area contributed by atoms with Crippen molar-refractivity contribution < 1.29 is 8.42 Å². The highest BCUT2D eigenvalue weighted by atomic mass is 35.5. The van der Waals surface area contributed by atoms with Crippen LogP contribution >= 0.6 is 11.6 Å². The molecule has 0 saturated carbocycles. The molecule has 0 unspecified atom stereocenters. The predicted octanol–water partition coefficient (Wildman–Crippen LogP) is 2.73. The molecule has 1 aromatic rings. The number of halogens is 1. The summed E-state index contributed by atoms with van der Waals surface area (Å²) < 4.78 is 23.2. The van der Waals surface area contributed by atoms with Gasteiger partial charge < -0.3 is 0 Å². The SMILES string of the molecule is CC=Cc1ccc(S(=O)(=O)CCCl)cc1. The first-order valence-corrected chi connectivity index (χ1v) is 6.80. The Morgan fingerprint density at radius 3 is 2.33 bits per heavy atom. The van der Waals surface area contributed by atoms with Gasteiger partial charge in [-0.1, -0.05) is 24.3 Å². The van der Waals surface area contributed by atoms with Gasteiger partial charge in [-0.25, -0.2) is 8.42 Å². The third kappa shape index (κ3) is 3.36. The highest BCUT2D eigenvalue weighted by molar-refractivity contribution is 7.91. The van der Waals surface area contributed by atoms with Crippen LogP contribution in [0, 0.1) is 0 Å². The minimum Gasteiger partial charge on any atom is -0.224 e. The highest BCUT2D eigenvalue weighted by Crippen LogP contribution is 2.13. The molecule has 0 aliphatic carbocycles. The summed E-state index contributed by atoms with van der Waals surface area (Å²) in [5, 5.41) is 0. The molecule has 0 aliphatic rings. The van der Waals surface area contributed by atoms with Crippen LogP contribution in [0.3, 0.4) is 0 Å². The smallest absolute Gasteiger partial charge is 0.179 e. The van der Waals surface area contributed by atoms with Crippen molar-refractivity contribution in [3.63, 3.8) is 0 Å². The first-order chi connectivity index (χ1) is 7.10. The maximum atomic E-state index is 11.6. The second-order valence-corrected chi connectivity index (χ2v) is 5.56. The zero-order valence-electron chi connectivity index (χ0n) is 8.48. The van der Waals surface area contributed by atoms with E-state index in [2.05, 4.69) is 0 Å². The molecule has 0 aliphatic heterocycles. The fourth-order valence-electron chi connectivity index (χ4n) is 1.20. The standard InChI is InChI=1S/C11H13ClO2S/c1-2-3-10-4-6-11(7-5-10)15(13,14)9-8-12/h2-7H,8-9H2,1H3. The molecule has 0 aromatic heterocycles. The zero-order chi connectivity index (χ0) is 11.3. The van der Waals surface area contributed by atoms with Gasteiger partial charge in [-0.3, -0.25) is 0 Å². The molecule has 0 bridgehead atoms. The largest absolute Gasteiger partial charge is 0.224 e. The topological polar surface area (TPSA) is 34.1 Å². The molecule has 0 heterocycles. The Labute approximate surface area is 95.5 Å². The fraction of sp³-hybridized carbons (Fsp3) is 0.273.